The van der Waals surface area contributed by atoms with Gasteiger partial charge in [-0.2, -0.15) is 5.10 Å². The summed E-state index contributed by atoms with van der Waals surface area (Å²) in [5.41, 5.74) is 5.19. The van der Waals surface area contributed by atoms with Crippen molar-refractivity contribution < 1.29 is 14.3 Å². The molecule has 0 spiro atoms. The van der Waals surface area contributed by atoms with Crippen molar-refractivity contribution in [3.8, 4) is 5.75 Å². The molecule has 0 aromatic heterocycles. The highest BCUT2D eigenvalue weighted by atomic mass is 16.5. The average Bonchev–Trinajstić information content (AvgIpc) is 2.48. The molecule has 0 atom stereocenters. The fourth-order valence-electron chi connectivity index (χ4n) is 2.40. The van der Waals surface area contributed by atoms with Crippen LogP contribution in [0.1, 0.15) is 44.7 Å². The molecule has 0 aliphatic carbocycles. The maximum absolute atomic E-state index is 12.3. The van der Waals surface area contributed by atoms with Gasteiger partial charge in [0.1, 0.15) is 11.5 Å². The highest BCUT2D eigenvalue weighted by Gasteiger charge is 2.23. The van der Waals surface area contributed by atoms with Crippen LogP contribution in [0.15, 0.2) is 17.2 Å². The third-order valence-electron chi connectivity index (χ3n) is 3.77. The summed E-state index contributed by atoms with van der Waals surface area (Å²) < 4.78 is 5.46. The minimum Gasteiger partial charge on any atom is -0.496 e. The van der Waals surface area contributed by atoms with Crippen LogP contribution in [0.3, 0.4) is 0 Å². The van der Waals surface area contributed by atoms with Gasteiger partial charge in [0, 0.05) is 24.1 Å². The van der Waals surface area contributed by atoms with E-state index < -0.39 is 0 Å². The van der Waals surface area contributed by atoms with Gasteiger partial charge in [0.2, 0.25) is 5.91 Å². The molecule has 1 aromatic rings. The van der Waals surface area contributed by atoms with E-state index in [9.17, 15) is 9.59 Å². The Hall–Kier alpha value is -2.37. The van der Waals surface area contributed by atoms with Gasteiger partial charge in [-0.3, -0.25) is 9.59 Å². The number of hydrogen-bond acceptors (Lipinski definition) is 4. The molecule has 0 fully saturated rings. The number of ether oxygens (including phenoxy) is 1. The molecule has 1 heterocycles. The Bertz CT molecular complexity index is 672. The second-order valence-corrected chi connectivity index (χ2v) is 6.67. The number of benzene rings is 1. The molecule has 1 aliphatic heterocycles. The highest BCUT2D eigenvalue weighted by molar-refractivity contribution is 6.43. The summed E-state index contributed by atoms with van der Waals surface area (Å²) in [7, 11) is 1.64. The van der Waals surface area contributed by atoms with E-state index in [-0.39, 0.29) is 23.7 Å². The number of nitrogens with one attached hydrogen (secondary N) is 2. The average molecular weight is 317 g/mol. The molecular weight excluding hydrogens is 294 g/mol. The van der Waals surface area contributed by atoms with Crippen LogP contribution < -0.4 is 15.5 Å². The van der Waals surface area contributed by atoms with Crippen LogP contribution in [-0.2, 0) is 15.0 Å². The van der Waals surface area contributed by atoms with Crippen LogP contribution in [-0.4, -0.2) is 24.6 Å². The molecule has 1 aliphatic rings. The Kier molecular flexibility index (Phi) is 4.73. The number of carbonyl (C=O) groups excluding carboxylic acids is 2. The molecule has 0 bridgehead atoms. The van der Waals surface area contributed by atoms with Crippen LogP contribution in [0, 0.1) is 6.92 Å². The van der Waals surface area contributed by atoms with Gasteiger partial charge in [0.15, 0.2) is 0 Å². The fraction of sp³-hybridized carbons (Fsp3) is 0.471. The van der Waals surface area contributed by atoms with E-state index in [1.54, 1.807) is 7.11 Å². The van der Waals surface area contributed by atoms with Crippen molar-refractivity contribution in [2.24, 2.45) is 5.10 Å². The van der Waals surface area contributed by atoms with E-state index in [4.69, 9.17) is 4.74 Å². The Labute approximate surface area is 136 Å². The van der Waals surface area contributed by atoms with Crippen LogP contribution in [0.25, 0.3) is 0 Å². The molecule has 2 amide bonds. The Balaban J connectivity index is 2.29. The summed E-state index contributed by atoms with van der Waals surface area (Å²) in [5.74, 6) is 0.339. The lowest BCUT2D eigenvalue weighted by molar-refractivity contribution is -0.121. The number of hydrazone groups is 1. The van der Waals surface area contributed by atoms with Crippen molar-refractivity contribution in [2.75, 3.05) is 12.4 Å². The maximum Gasteiger partial charge on any atom is 0.271 e. The Morgan fingerprint density at radius 3 is 2.52 bits per heavy atom. The van der Waals surface area contributed by atoms with Gasteiger partial charge in [0.05, 0.1) is 7.11 Å². The van der Waals surface area contributed by atoms with E-state index in [2.05, 4.69) is 36.6 Å². The normalized spacial score (nSPS) is 14.8. The van der Waals surface area contributed by atoms with Gasteiger partial charge in [-0.25, -0.2) is 5.43 Å². The molecule has 6 nitrogen and oxygen atoms in total. The van der Waals surface area contributed by atoms with E-state index in [1.165, 1.54) is 0 Å². The molecule has 1 aromatic carbocycles. The molecule has 124 valence electrons. The van der Waals surface area contributed by atoms with Crippen LogP contribution in [0.5, 0.6) is 5.75 Å². The molecular formula is C17H23N3O3. The van der Waals surface area contributed by atoms with E-state index in [0.717, 1.165) is 22.6 Å². The molecule has 6 heteroatoms. The first-order valence-electron chi connectivity index (χ1n) is 7.58. The zero-order valence-electron chi connectivity index (χ0n) is 14.2. The molecule has 0 unspecified atom stereocenters. The number of carbonyl (C=O) groups is 2. The summed E-state index contributed by atoms with van der Waals surface area (Å²) in [6.07, 6.45) is 0.625. The number of anilines is 1. The zero-order valence-corrected chi connectivity index (χ0v) is 14.2. The minimum absolute atomic E-state index is 0.116. The van der Waals surface area contributed by atoms with E-state index >= 15 is 0 Å². The summed E-state index contributed by atoms with van der Waals surface area (Å²) in [6, 6.07) is 3.86. The number of aryl methyl sites for hydroxylation is 1. The van der Waals surface area contributed by atoms with Gasteiger partial charge in [-0.15, -0.1) is 0 Å². The summed E-state index contributed by atoms with van der Waals surface area (Å²) >= 11 is 0. The van der Waals surface area contributed by atoms with Crippen LogP contribution in [0.4, 0.5) is 5.69 Å². The number of rotatable bonds is 3. The van der Waals surface area contributed by atoms with Crippen molar-refractivity contribution in [3.63, 3.8) is 0 Å². The number of nitrogens with zero attached hydrogens (tertiary/aromatic N) is 1. The van der Waals surface area contributed by atoms with Gasteiger partial charge in [-0.05, 0) is 30.0 Å². The maximum atomic E-state index is 12.3. The van der Waals surface area contributed by atoms with Crippen molar-refractivity contribution in [3.05, 3.63) is 23.3 Å². The van der Waals surface area contributed by atoms with Gasteiger partial charge in [0.25, 0.3) is 5.91 Å². The van der Waals surface area contributed by atoms with Crippen LogP contribution in [0.2, 0.25) is 0 Å². The second-order valence-electron chi connectivity index (χ2n) is 6.67. The van der Waals surface area contributed by atoms with Gasteiger partial charge < -0.3 is 10.1 Å². The first-order chi connectivity index (χ1) is 10.7. The fourth-order valence-corrected chi connectivity index (χ4v) is 2.40. The first-order valence-corrected chi connectivity index (χ1v) is 7.58. The standard InChI is InChI=1S/C17H23N3O3/c1-10-8-14(23-5)11(17(2,3)4)9-13(10)18-16(22)12-6-7-15(21)20-19-12/h8-9H,6-7H2,1-5H3,(H,18,22)(H,20,21). The number of amides is 2. The molecule has 23 heavy (non-hydrogen) atoms. The first kappa shape index (κ1) is 17.0. The minimum atomic E-state index is -0.293. The lowest BCUT2D eigenvalue weighted by atomic mass is 9.85. The smallest absolute Gasteiger partial charge is 0.271 e. The predicted octanol–water partition coefficient (Wildman–Crippen LogP) is 2.51. The Morgan fingerprint density at radius 1 is 1.30 bits per heavy atom. The van der Waals surface area contributed by atoms with Crippen LogP contribution >= 0.6 is 0 Å². The Morgan fingerprint density at radius 2 is 2.00 bits per heavy atom. The van der Waals surface area contributed by atoms with E-state index in [1.807, 2.05) is 19.1 Å². The van der Waals surface area contributed by atoms with Crippen molar-refractivity contribution in [1.82, 2.24) is 5.43 Å². The van der Waals surface area contributed by atoms with Crippen molar-refractivity contribution in [1.29, 1.82) is 0 Å². The van der Waals surface area contributed by atoms with Gasteiger partial charge >= 0.3 is 0 Å². The monoisotopic (exact) mass is 317 g/mol. The lowest BCUT2D eigenvalue weighted by Gasteiger charge is -2.24. The molecule has 0 saturated carbocycles. The molecule has 2 rings (SSSR count). The topological polar surface area (TPSA) is 79.8 Å². The zero-order chi connectivity index (χ0) is 17.2. The summed E-state index contributed by atoms with van der Waals surface area (Å²) in [5, 5.41) is 6.70. The van der Waals surface area contributed by atoms with E-state index in [0.29, 0.717) is 12.1 Å². The number of methoxy groups -OCH3 is 1. The third kappa shape index (κ3) is 3.88. The predicted molar refractivity (Wildman–Crippen MR) is 89.9 cm³/mol. The summed E-state index contributed by atoms with van der Waals surface area (Å²) in [6.45, 7) is 8.18. The molecule has 0 radical (unpaired) electrons. The number of hydrogen-bond donors (Lipinski definition) is 2. The largest absolute Gasteiger partial charge is 0.496 e. The molecule has 2 N–H and O–H groups in total. The summed E-state index contributed by atoms with van der Waals surface area (Å²) in [4.78, 5) is 23.4. The molecule has 0 saturated heterocycles. The SMILES string of the molecule is COc1cc(C)c(NC(=O)C2=NNC(=O)CC2)cc1C(C)(C)C. The third-order valence-corrected chi connectivity index (χ3v) is 3.77. The van der Waals surface area contributed by atoms with Crippen molar-refractivity contribution >= 4 is 23.2 Å². The lowest BCUT2D eigenvalue weighted by Crippen LogP contribution is -2.33. The second kappa shape index (κ2) is 6.40. The quantitative estimate of drug-likeness (QED) is 0.899. The highest BCUT2D eigenvalue weighted by Crippen LogP contribution is 2.35. The van der Waals surface area contributed by atoms with Crippen molar-refractivity contribution in [2.45, 2.75) is 46.0 Å². The van der Waals surface area contributed by atoms with Gasteiger partial charge in [-0.1, -0.05) is 20.8 Å².